The average molecular weight is 346 g/mol. The highest BCUT2D eigenvalue weighted by molar-refractivity contribution is 7.99. The van der Waals surface area contributed by atoms with Crippen molar-refractivity contribution in [1.82, 2.24) is 20.2 Å². The van der Waals surface area contributed by atoms with Crippen LogP contribution >= 0.6 is 11.8 Å². The number of halogens is 2. The summed E-state index contributed by atoms with van der Waals surface area (Å²) in [5.41, 5.74) is 1.94. The van der Waals surface area contributed by atoms with E-state index in [2.05, 4.69) is 15.5 Å². The van der Waals surface area contributed by atoms with Gasteiger partial charge in [-0.15, -0.1) is 5.10 Å². The molecule has 0 atom stereocenters. The van der Waals surface area contributed by atoms with Gasteiger partial charge in [0.2, 0.25) is 5.16 Å². The SMILES string of the molecule is Cc1cccc(-n2nnnc2SCC(=O)c2ccc(F)c(F)c2)c1. The molecule has 0 aliphatic carbocycles. The molecule has 5 nitrogen and oxygen atoms in total. The van der Waals surface area contributed by atoms with Crippen LogP contribution in [0.2, 0.25) is 0 Å². The van der Waals surface area contributed by atoms with Crippen LogP contribution in [-0.4, -0.2) is 31.7 Å². The molecule has 122 valence electrons. The van der Waals surface area contributed by atoms with Crippen molar-refractivity contribution < 1.29 is 13.6 Å². The van der Waals surface area contributed by atoms with Crippen molar-refractivity contribution in [2.45, 2.75) is 12.1 Å². The lowest BCUT2D eigenvalue weighted by Gasteiger charge is -2.05. The van der Waals surface area contributed by atoms with Crippen LogP contribution in [0.1, 0.15) is 15.9 Å². The van der Waals surface area contributed by atoms with Crippen molar-refractivity contribution in [2.75, 3.05) is 5.75 Å². The first kappa shape index (κ1) is 16.3. The van der Waals surface area contributed by atoms with Crippen molar-refractivity contribution in [1.29, 1.82) is 0 Å². The van der Waals surface area contributed by atoms with Gasteiger partial charge in [-0.25, -0.2) is 8.78 Å². The number of tetrazole rings is 1. The maximum atomic E-state index is 13.2. The zero-order chi connectivity index (χ0) is 17.1. The molecule has 0 spiro atoms. The molecule has 0 bridgehead atoms. The quantitative estimate of drug-likeness (QED) is 0.524. The van der Waals surface area contributed by atoms with Crippen LogP contribution in [-0.2, 0) is 0 Å². The fourth-order valence-corrected chi connectivity index (χ4v) is 2.86. The van der Waals surface area contributed by atoms with Crippen molar-refractivity contribution in [3.05, 3.63) is 65.2 Å². The average Bonchev–Trinajstić information content (AvgIpc) is 3.03. The largest absolute Gasteiger partial charge is 0.293 e. The highest BCUT2D eigenvalue weighted by Crippen LogP contribution is 2.20. The van der Waals surface area contributed by atoms with E-state index in [0.717, 1.165) is 35.1 Å². The molecule has 1 heterocycles. The number of aromatic nitrogens is 4. The van der Waals surface area contributed by atoms with Crippen LogP contribution < -0.4 is 0 Å². The van der Waals surface area contributed by atoms with E-state index in [1.807, 2.05) is 31.2 Å². The summed E-state index contributed by atoms with van der Waals surface area (Å²) in [7, 11) is 0. The van der Waals surface area contributed by atoms with Crippen molar-refractivity contribution in [2.24, 2.45) is 0 Å². The number of ketones is 1. The summed E-state index contributed by atoms with van der Waals surface area (Å²) in [4.78, 5) is 12.1. The van der Waals surface area contributed by atoms with Gasteiger partial charge in [0.15, 0.2) is 17.4 Å². The summed E-state index contributed by atoms with van der Waals surface area (Å²) in [6.07, 6.45) is 0. The number of hydrogen-bond acceptors (Lipinski definition) is 5. The van der Waals surface area contributed by atoms with Gasteiger partial charge in [-0.1, -0.05) is 23.9 Å². The second kappa shape index (κ2) is 6.88. The highest BCUT2D eigenvalue weighted by atomic mass is 32.2. The van der Waals surface area contributed by atoms with E-state index in [1.165, 1.54) is 10.7 Å². The van der Waals surface area contributed by atoms with Gasteiger partial charge in [0.25, 0.3) is 0 Å². The predicted molar refractivity (Wildman–Crippen MR) is 85.3 cm³/mol. The maximum absolute atomic E-state index is 13.2. The highest BCUT2D eigenvalue weighted by Gasteiger charge is 2.14. The van der Waals surface area contributed by atoms with E-state index in [9.17, 15) is 13.6 Å². The standard InChI is InChI=1S/C16H12F2N4OS/c1-10-3-2-4-12(7-10)22-16(19-20-21-22)24-9-15(23)11-5-6-13(17)14(18)8-11/h2-8H,9H2,1H3. The number of aryl methyl sites for hydroxylation is 1. The number of nitrogens with zero attached hydrogens (tertiary/aromatic N) is 4. The predicted octanol–water partition coefficient (Wildman–Crippen LogP) is 3.22. The Bertz CT molecular complexity index is 897. The number of Topliss-reactive ketones (excluding diaryl/α,β-unsaturated/α-hetero) is 1. The molecule has 2 aromatic carbocycles. The molecule has 0 radical (unpaired) electrons. The minimum absolute atomic E-state index is 0.0112. The van der Waals surface area contributed by atoms with Crippen molar-refractivity contribution >= 4 is 17.5 Å². The molecule has 8 heteroatoms. The van der Waals surface area contributed by atoms with Crippen LogP contribution in [0.3, 0.4) is 0 Å². The molecule has 0 aliphatic heterocycles. The lowest BCUT2D eigenvalue weighted by molar-refractivity contribution is 0.102. The first-order valence-corrected chi connectivity index (χ1v) is 7.99. The van der Waals surface area contributed by atoms with E-state index in [0.29, 0.717) is 5.16 Å². The summed E-state index contributed by atoms with van der Waals surface area (Å²) < 4.78 is 27.7. The van der Waals surface area contributed by atoms with Crippen LogP contribution in [0.4, 0.5) is 8.78 Å². The number of carbonyl (C=O) groups is 1. The smallest absolute Gasteiger partial charge is 0.214 e. The Morgan fingerprint density at radius 3 is 2.75 bits per heavy atom. The van der Waals surface area contributed by atoms with E-state index < -0.39 is 11.6 Å². The van der Waals surface area contributed by atoms with E-state index >= 15 is 0 Å². The Morgan fingerprint density at radius 1 is 1.17 bits per heavy atom. The molecule has 0 fully saturated rings. The van der Waals surface area contributed by atoms with Gasteiger partial charge in [-0.3, -0.25) is 4.79 Å². The summed E-state index contributed by atoms with van der Waals surface area (Å²) in [6.45, 7) is 1.95. The molecule has 3 rings (SSSR count). The van der Waals surface area contributed by atoms with Gasteiger partial charge < -0.3 is 0 Å². The molecule has 0 aliphatic rings. The lowest BCUT2D eigenvalue weighted by atomic mass is 10.1. The first-order valence-electron chi connectivity index (χ1n) is 7.01. The third-order valence-electron chi connectivity index (χ3n) is 3.26. The third-order valence-corrected chi connectivity index (χ3v) is 4.18. The Labute approximate surface area is 140 Å². The molecular formula is C16H12F2N4OS. The van der Waals surface area contributed by atoms with Crippen molar-refractivity contribution in [3.8, 4) is 5.69 Å². The number of rotatable bonds is 5. The molecule has 0 unspecified atom stereocenters. The molecule has 24 heavy (non-hydrogen) atoms. The first-order chi connectivity index (χ1) is 11.5. The van der Waals surface area contributed by atoms with Gasteiger partial charge >= 0.3 is 0 Å². The Kier molecular flexibility index (Phi) is 4.66. The van der Waals surface area contributed by atoms with Crippen LogP contribution in [0.15, 0.2) is 47.6 Å². The number of carbonyl (C=O) groups excluding carboxylic acids is 1. The zero-order valence-corrected chi connectivity index (χ0v) is 13.4. The normalized spacial score (nSPS) is 10.8. The third kappa shape index (κ3) is 3.48. The number of benzene rings is 2. The van der Waals surface area contributed by atoms with E-state index in [-0.39, 0.29) is 17.1 Å². The summed E-state index contributed by atoms with van der Waals surface area (Å²) in [5.74, 6) is -2.35. The van der Waals surface area contributed by atoms with Gasteiger partial charge in [-0.2, -0.15) is 4.68 Å². The lowest BCUT2D eigenvalue weighted by Crippen LogP contribution is -2.06. The number of thioether (sulfide) groups is 1. The molecular weight excluding hydrogens is 334 g/mol. The second-order valence-electron chi connectivity index (χ2n) is 5.05. The minimum atomic E-state index is -1.05. The van der Waals surface area contributed by atoms with Crippen molar-refractivity contribution in [3.63, 3.8) is 0 Å². The summed E-state index contributed by atoms with van der Waals surface area (Å²) in [6, 6.07) is 10.7. The van der Waals surface area contributed by atoms with Gasteiger partial charge in [-0.05, 0) is 53.2 Å². The molecule has 1 aromatic heterocycles. The van der Waals surface area contributed by atoms with Gasteiger partial charge in [0.05, 0.1) is 11.4 Å². The van der Waals surface area contributed by atoms with Crippen LogP contribution in [0.5, 0.6) is 0 Å². The van der Waals surface area contributed by atoms with E-state index in [1.54, 1.807) is 0 Å². The molecule has 0 amide bonds. The molecule has 0 saturated heterocycles. The van der Waals surface area contributed by atoms with Gasteiger partial charge in [0.1, 0.15) is 0 Å². The van der Waals surface area contributed by atoms with Crippen LogP contribution in [0.25, 0.3) is 5.69 Å². The summed E-state index contributed by atoms with van der Waals surface area (Å²) in [5, 5.41) is 11.9. The van der Waals surface area contributed by atoms with Crippen LogP contribution in [0, 0.1) is 18.6 Å². The second-order valence-corrected chi connectivity index (χ2v) is 6.00. The fourth-order valence-electron chi connectivity index (χ4n) is 2.07. The molecule has 0 N–H and O–H groups in total. The monoisotopic (exact) mass is 346 g/mol. The molecule has 0 saturated carbocycles. The fraction of sp³-hybridized carbons (Fsp3) is 0.125. The Morgan fingerprint density at radius 2 is 2.00 bits per heavy atom. The van der Waals surface area contributed by atoms with E-state index in [4.69, 9.17) is 0 Å². The molecule has 3 aromatic rings. The Balaban J connectivity index is 1.75. The minimum Gasteiger partial charge on any atom is -0.293 e. The summed E-state index contributed by atoms with van der Waals surface area (Å²) >= 11 is 1.13. The Hall–Kier alpha value is -2.61. The number of hydrogen-bond donors (Lipinski definition) is 0. The van der Waals surface area contributed by atoms with Gasteiger partial charge in [0, 0.05) is 5.56 Å². The zero-order valence-electron chi connectivity index (χ0n) is 12.6. The maximum Gasteiger partial charge on any atom is 0.214 e. The topological polar surface area (TPSA) is 60.7 Å².